The SMILES string of the molecule is CNc1cc(Cl)c2c(c1)-c1ccc3c(c1CC2)CCC=C3.Cc1ccoc1. The lowest BCUT2D eigenvalue weighted by molar-refractivity contribution is 0.565. The molecule has 0 bridgehead atoms. The minimum atomic E-state index is 0.889. The number of rotatable bonds is 1. The van der Waals surface area contributed by atoms with Crippen LogP contribution in [0.25, 0.3) is 17.2 Å². The number of halogens is 1. The van der Waals surface area contributed by atoms with Gasteiger partial charge in [-0.15, -0.1) is 0 Å². The molecule has 2 aliphatic carbocycles. The molecule has 2 nitrogen and oxygen atoms in total. The molecule has 0 aliphatic heterocycles. The molecule has 0 amide bonds. The zero-order valence-electron chi connectivity index (χ0n) is 15.8. The first-order chi connectivity index (χ1) is 13.2. The van der Waals surface area contributed by atoms with Gasteiger partial charge in [0, 0.05) is 17.8 Å². The highest BCUT2D eigenvalue weighted by Gasteiger charge is 2.23. The second-order valence-corrected chi connectivity index (χ2v) is 7.54. The summed E-state index contributed by atoms with van der Waals surface area (Å²) in [4.78, 5) is 0. The number of anilines is 1. The van der Waals surface area contributed by atoms with Crippen LogP contribution in [0.15, 0.2) is 53.4 Å². The summed E-state index contributed by atoms with van der Waals surface area (Å²) in [7, 11) is 1.94. The van der Waals surface area contributed by atoms with Gasteiger partial charge >= 0.3 is 0 Å². The highest BCUT2D eigenvalue weighted by molar-refractivity contribution is 6.32. The van der Waals surface area contributed by atoms with Crippen molar-refractivity contribution in [3.63, 3.8) is 0 Å². The lowest BCUT2D eigenvalue weighted by Crippen LogP contribution is -2.10. The van der Waals surface area contributed by atoms with Crippen molar-refractivity contribution in [2.24, 2.45) is 0 Å². The molecule has 1 heterocycles. The summed E-state index contributed by atoms with van der Waals surface area (Å²) >= 11 is 6.48. The van der Waals surface area contributed by atoms with Gasteiger partial charge < -0.3 is 9.73 Å². The fourth-order valence-electron chi connectivity index (χ4n) is 4.00. The van der Waals surface area contributed by atoms with Crippen LogP contribution in [0.1, 0.15) is 34.2 Å². The second-order valence-electron chi connectivity index (χ2n) is 7.14. The minimum absolute atomic E-state index is 0.889. The molecule has 1 aromatic heterocycles. The van der Waals surface area contributed by atoms with Crippen molar-refractivity contribution in [3.05, 3.63) is 81.8 Å². The first kappa shape index (κ1) is 17.9. The number of hydrogen-bond donors (Lipinski definition) is 1. The fourth-order valence-corrected chi connectivity index (χ4v) is 4.31. The molecule has 0 spiro atoms. The Kier molecular flexibility index (Phi) is 5.09. The van der Waals surface area contributed by atoms with E-state index in [1.165, 1.54) is 39.8 Å². The highest BCUT2D eigenvalue weighted by atomic mass is 35.5. The first-order valence-corrected chi connectivity index (χ1v) is 9.86. The number of allylic oxidation sites excluding steroid dienone is 1. The van der Waals surface area contributed by atoms with Gasteiger partial charge in [-0.2, -0.15) is 0 Å². The average molecular weight is 378 g/mol. The van der Waals surface area contributed by atoms with E-state index in [4.69, 9.17) is 16.0 Å². The maximum atomic E-state index is 6.48. The molecule has 3 heteroatoms. The van der Waals surface area contributed by atoms with E-state index in [1.54, 1.807) is 18.1 Å². The van der Waals surface area contributed by atoms with Crippen molar-refractivity contribution in [2.75, 3.05) is 12.4 Å². The molecule has 2 aromatic carbocycles. The Morgan fingerprint density at radius 3 is 2.52 bits per heavy atom. The van der Waals surface area contributed by atoms with E-state index in [9.17, 15) is 0 Å². The van der Waals surface area contributed by atoms with Crippen LogP contribution in [0.2, 0.25) is 5.02 Å². The van der Waals surface area contributed by atoms with E-state index in [-0.39, 0.29) is 0 Å². The molecule has 0 radical (unpaired) electrons. The molecule has 0 saturated carbocycles. The third-order valence-corrected chi connectivity index (χ3v) is 5.73. The van der Waals surface area contributed by atoms with Gasteiger partial charge in [0.2, 0.25) is 0 Å². The van der Waals surface area contributed by atoms with Crippen molar-refractivity contribution < 1.29 is 4.42 Å². The van der Waals surface area contributed by atoms with Crippen LogP contribution in [0.4, 0.5) is 5.69 Å². The van der Waals surface area contributed by atoms with Gasteiger partial charge in [0.1, 0.15) is 0 Å². The lowest BCUT2D eigenvalue weighted by atomic mass is 9.79. The summed E-state index contributed by atoms with van der Waals surface area (Å²) in [6.07, 6.45) is 12.4. The third-order valence-electron chi connectivity index (χ3n) is 5.39. The Hall–Kier alpha value is -2.45. The van der Waals surface area contributed by atoms with Crippen molar-refractivity contribution in [3.8, 4) is 11.1 Å². The molecule has 27 heavy (non-hydrogen) atoms. The number of hydrogen-bond acceptors (Lipinski definition) is 2. The largest absolute Gasteiger partial charge is 0.472 e. The normalized spacial score (nSPS) is 13.7. The Morgan fingerprint density at radius 2 is 1.81 bits per heavy atom. The number of fused-ring (bicyclic) bond motifs is 5. The van der Waals surface area contributed by atoms with Crippen molar-refractivity contribution in [1.82, 2.24) is 0 Å². The van der Waals surface area contributed by atoms with Crippen LogP contribution in [0, 0.1) is 6.92 Å². The highest BCUT2D eigenvalue weighted by Crippen LogP contribution is 2.42. The van der Waals surface area contributed by atoms with E-state index < -0.39 is 0 Å². The fraction of sp³-hybridized carbons (Fsp3) is 0.250. The topological polar surface area (TPSA) is 25.2 Å². The molecule has 0 unspecified atom stereocenters. The predicted molar refractivity (Wildman–Crippen MR) is 115 cm³/mol. The zero-order chi connectivity index (χ0) is 18.8. The number of furan rings is 1. The van der Waals surface area contributed by atoms with Gasteiger partial charge in [-0.05, 0) is 89.8 Å². The predicted octanol–water partition coefficient (Wildman–Crippen LogP) is 6.69. The van der Waals surface area contributed by atoms with E-state index >= 15 is 0 Å². The minimum Gasteiger partial charge on any atom is -0.472 e. The van der Waals surface area contributed by atoms with Crippen LogP contribution in [-0.2, 0) is 19.3 Å². The Labute approximate surface area is 165 Å². The van der Waals surface area contributed by atoms with Gasteiger partial charge in [-0.1, -0.05) is 35.9 Å². The summed E-state index contributed by atoms with van der Waals surface area (Å²) in [6, 6.07) is 10.7. The molecule has 5 rings (SSSR count). The molecular formula is C24H24ClNO. The molecule has 3 aromatic rings. The molecule has 0 saturated heterocycles. The second kappa shape index (κ2) is 7.66. The maximum absolute atomic E-state index is 6.48. The summed E-state index contributed by atoms with van der Waals surface area (Å²) in [6.45, 7) is 1.99. The Bertz CT molecular complexity index is 986. The average Bonchev–Trinajstić information content (AvgIpc) is 3.18. The summed E-state index contributed by atoms with van der Waals surface area (Å²) < 4.78 is 4.71. The lowest BCUT2D eigenvalue weighted by Gasteiger charge is -2.26. The first-order valence-electron chi connectivity index (χ1n) is 9.48. The number of nitrogens with one attached hydrogen (secondary N) is 1. The van der Waals surface area contributed by atoms with Crippen LogP contribution < -0.4 is 5.32 Å². The van der Waals surface area contributed by atoms with Crippen LogP contribution in [-0.4, -0.2) is 7.05 Å². The van der Waals surface area contributed by atoms with Gasteiger partial charge in [0.05, 0.1) is 12.5 Å². The van der Waals surface area contributed by atoms with Gasteiger partial charge in [0.15, 0.2) is 0 Å². The summed E-state index contributed by atoms with van der Waals surface area (Å²) in [5.41, 5.74) is 10.7. The summed E-state index contributed by atoms with van der Waals surface area (Å²) in [5, 5.41) is 4.10. The number of aryl methyl sites for hydroxylation is 1. The Balaban J connectivity index is 0.000000257. The molecule has 2 aliphatic rings. The van der Waals surface area contributed by atoms with Crippen LogP contribution >= 0.6 is 11.6 Å². The van der Waals surface area contributed by atoms with Crippen molar-refractivity contribution >= 4 is 23.4 Å². The van der Waals surface area contributed by atoms with Crippen LogP contribution in [0.5, 0.6) is 0 Å². The zero-order valence-corrected chi connectivity index (χ0v) is 16.6. The molecule has 0 atom stereocenters. The van der Waals surface area contributed by atoms with Gasteiger partial charge in [-0.25, -0.2) is 0 Å². The molecule has 1 N–H and O–H groups in total. The molecular weight excluding hydrogens is 354 g/mol. The van der Waals surface area contributed by atoms with Crippen LogP contribution in [0.3, 0.4) is 0 Å². The number of benzene rings is 2. The van der Waals surface area contributed by atoms with Gasteiger partial charge in [0.25, 0.3) is 0 Å². The Morgan fingerprint density at radius 1 is 0.963 bits per heavy atom. The van der Waals surface area contributed by atoms with E-state index in [2.05, 4.69) is 35.7 Å². The third kappa shape index (κ3) is 3.54. The van der Waals surface area contributed by atoms with Crippen molar-refractivity contribution in [1.29, 1.82) is 0 Å². The smallest absolute Gasteiger partial charge is 0.0931 e. The van der Waals surface area contributed by atoms with E-state index in [0.29, 0.717) is 0 Å². The summed E-state index contributed by atoms with van der Waals surface area (Å²) in [5.74, 6) is 0. The van der Waals surface area contributed by atoms with Gasteiger partial charge in [-0.3, -0.25) is 0 Å². The maximum Gasteiger partial charge on any atom is 0.0931 e. The quantitative estimate of drug-likeness (QED) is 0.510. The standard InChI is InChI=1S/C19H18ClN.C5H6O/c1-21-13-10-18-16-7-6-12-4-2-3-5-14(12)15(16)8-9-17(18)19(20)11-13;1-5-2-3-6-4-5/h2,4,6-7,10-11,21H,3,5,8-9H2,1H3;2-4H,1H3. The molecule has 138 valence electrons. The van der Waals surface area contributed by atoms with Crippen molar-refractivity contribution in [2.45, 2.75) is 32.6 Å². The monoisotopic (exact) mass is 377 g/mol. The van der Waals surface area contributed by atoms with E-state index in [1.807, 2.05) is 26.1 Å². The molecule has 0 fully saturated rings. The van der Waals surface area contributed by atoms with E-state index in [0.717, 1.165) is 30.0 Å².